The van der Waals surface area contributed by atoms with Gasteiger partial charge in [-0.25, -0.2) is 4.79 Å². The fraction of sp³-hybridized carbons (Fsp3) is 0.929. The van der Waals surface area contributed by atoms with Crippen molar-refractivity contribution in [3.8, 4) is 0 Å². The van der Waals surface area contributed by atoms with Crippen molar-refractivity contribution in [2.75, 3.05) is 6.61 Å². The van der Waals surface area contributed by atoms with Crippen molar-refractivity contribution in [3.63, 3.8) is 0 Å². The molecule has 0 aromatic heterocycles. The first kappa shape index (κ1) is 43.2. The lowest BCUT2D eigenvalue weighted by molar-refractivity contribution is -0.137. The summed E-state index contributed by atoms with van der Waals surface area (Å²) in [5.74, 6) is -0.149. The zero-order valence-corrected chi connectivity index (χ0v) is 30.6. The molecule has 0 bridgehead atoms. The minimum Gasteiger partial charge on any atom is -0.463 e. The zero-order valence-electron chi connectivity index (χ0n) is 30.6. The van der Waals surface area contributed by atoms with E-state index >= 15 is 0 Å². The summed E-state index contributed by atoms with van der Waals surface area (Å²) in [5.41, 5.74) is 0. The molecular weight excluding hydrogens is 536 g/mol. The summed E-state index contributed by atoms with van der Waals surface area (Å²) >= 11 is 0. The molecule has 0 aliphatic carbocycles. The average Bonchev–Trinajstić information content (AvgIpc) is 3.03. The smallest absolute Gasteiger partial charge is 0.330 e. The molecular formula is C42H82O2. The molecule has 0 aliphatic heterocycles. The van der Waals surface area contributed by atoms with Crippen LogP contribution in [0.15, 0.2) is 12.2 Å². The minimum atomic E-state index is -0.149. The summed E-state index contributed by atoms with van der Waals surface area (Å²) in [7, 11) is 0. The summed E-state index contributed by atoms with van der Waals surface area (Å²) in [6, 6.07) is 0. The second-order valence-corrected chi connectivity index (χ2v) is 14.0. The van der Waals surface area contributed by atoms with Crippen molar-refractivity contribution in [2.45, 2.75) is 245 Å². The maximum Gasteiger partial charge on any atom is 0.330 e. The van der Waals surface area contributed by atoms with Crippen molar-refractivity contribution in [1.29, 1.82) is 0 Å². The number of hydrogen-bond donors (Lipinski definition) is 0. The highest BCUT2D eigenvalue weighted by molar-refractivity contribution is 5.81. The molecule has 2 heteroatoms. The maximum atomic E-state index is 11.9. The zero-order chi connectivity index (χ0) is 31.9. The molecule has 0 unspecified atom stereocenters. The topological polar surface area (TPSA) is 26.3 Å². The molecule has 0 aromatic rings. The van der Waals surface area contributed by atoms with E-state index in [1.807, 2.05) is 6.08 Å². The van der Waals surface area contributed by atoms with Gasteiger partial charge in [-0.2, -0.15) is 0 Å². The predicted octanol–water partition coefficient (Wildman–Crippen LogP) is 15.2. The van der Waals surface area contributed by atoms with Crippen LogP contribution >= 0.6 is 0 Å². The van der Waals surface area contributed by atoms with E-state index in [0.29, 0.717) is 6.61 Å². The van der Waals surface area contributed by atoms with Gasteiger partial charge in [0.2, 0.25) is 0 Å². The van der Waals surface area contributed by atoms with Gasteiger partial charge < -0.3 is 4.74 Å². The first-order chi connectivity index (χ1) is 21.8. The van der Waals surface area contributed by atoms with Gasteiger partial charge in [0.25, 0.3) is 0 Å². The van der Waals surface area contributed by atoms with Crippen molar-refractivity contribution >= 4 is 5.97 Å². The monoisotopic (exact) mass is 619 g/mol. The Morgan fingerprint density at radius 1 is 0.364 bits per heavy atom. The van der Waals surface area contributed by atoms with E-state index in [-0.39, 0.29) is 5.97 Å². The van der Waals surface area contributed by atoms with Gasteiger partial charge in [0, 0.05) is 6.08 Å². The van der Waals surface area contributed by atoms with E-state index in [1.54, 1.807) is 6.08 Å². The van der Waals surface area contributed by atoms with E-state index < -0.39 is 0 Å². The quantitative estimate of drug-likeness (QED) is 0.0391. The standard InChI is InChI=1S/C42H82O2/c1-3-5-7-9-11-13-15-17-19-21-22-23-25-27-29-31-33-35-37-39-41-44-42(43)40-38-36-34-32-30-28-26-24-20-18-16-14-12-10-8-6-4-2/h38,40H,3-37,39,41H2,1-2H3. The third-order valence-electron chi connectivity index (χ3n) is 9.47. The van der Waals surface area contributed by atoms with Gasteiger partial charge in [-0.15, -0.1) is 0 Å². The molecule has 44 heavy (non-hydrogen) atoms. The lowest BCUT2D eigenvalue weighted by Crippen LogP contribution is -2.02. The van der Waals surface area contributed by atoms with Gasteiger partial charge in [0.1, 0.15) is 0 Å². The van der Waals surface area contributed by atoms with Crippen molar-refractivity contribution < 1.29 is 9.53 Å². The van der Waals surface area contributed by atoms with E-state index in [2.05, 4.69) is 13.8 Å². The van der Waals surface area contributed by atoms with Crippen LogP contribution in [0.5, 0.6) is 0 Å². The molecule has 0 radical (unpaired) electrons. The largest absolute Gasteiger partial charge is 0.463 e. The van der Waals surface area contributed by atoms with Gasteiger partial charge >= 0.3 is 5.97 Å². The van der Waals surface area contributed by atoms with Gasteiger partial charge in [0.15, 0.2) is 0 Å². The van der Waals surface area contributed by atoms with Gasteiger partial charge in [-0.3, -0.25) is 0 Å². The lowest BCUT2D eigenvalue weighted by atomic mass is 10.0. The Balaban J connectivity index is 3.20. The van der Waals surface area contributed by atoms with Gasteiger partial charge in [-0.1, -0.05) is 232 Å². The Morgan fingerprint density at radius 3 is 0.909 bits per heavy atom. The molecule has 0 aliphatic rings. The van der Waals surface area contributed by atoms with Crippen LogP contribution in [0.1, 0.15) is 245 Å². The fourth-order valence-corrected chi connectivity index (χ4v) is 6.39. The lowest BCUT2D eigenvalue weighted by Gasteiger charge is -2.04. The summed E-state index contributed by atoms with van der Waals surface area (Å²) in [6.45, 7) is 5.17. The number of ether oxygens (including phenoxy) is 1. The van der Waals surface area contributed by atoms with E-state index in [4.69, 9.17) is 4.74 Å². The second kappa shape index (κ2) is 40.2. The maximum absolute atomic E-state index is 11.9. The second-order valence-electron chi connectivity index (χ2n) is 14.0. The van der Waals surface area contributed by atoms with E-state index in [9.17, 15) is 4.79 Å². The van der Waals surface area contributed by atoms with E-state index in [1.165, 1.54) is 218 Å². The first-order valence-electron chi connectivity index (χ1n) is 20.6. The number of rotatable bonds is 38. The molecule has 0 spiro atoms. The van der Waals surface area contributed by atoms with Crippen LogP contribution in [0.3, 0.4) is 0 Å². The molecule has 0 fully saturated rings. The Labute approximate surface area is 278 Å². The fourth-order valence-electron chi connectivity index (χ4n) is 6.39. The molecule has 0 aromatic carbocycles. The van der Waals surface area contributed by atoms with Gasteiger partial charge in [-0.05, 0) is 19.3 Å². The summed E-state index contributed by atoms with van der Waals surface area (Å²) in [5, 5.41) is 0. The Kier molecular flexibility index (Phi) is 39.5. The first-order valence-corrected chi connectivity index (χ1v) is 20.6. The Hall–Kier alpha value is -0.790. The Morgan fingerprint density at radius 2 is 0.614 bits per heavy atom. The van der Waals surface area contributed by atoms with Crippen LogP contribution in [0.2, 0.25) is 0 Å². The van der Waals surface area contributed by atoms with Crippen molar-refractivity contribution in [3.05, 3.63) is 12.2 Å². The highest BCUT2D eigenvalue weighted by Gasteiger charge is 1.99. The van der Waals surface area contributed by atoms with Crippen LogP contribution in [-0.4, -0.2) is 12.6 Å². The number of unbranched alkanes of at least 4 members (excludes halogenated alkanes) is 34. The summed E-state index contributed by atoms with van der Waals surface area (Å²) in [6.07, 6.45) is 53.4. The van der Waals surface area contributed by atoms with Gasteiger partial charge in [0.05, 0.1) is 6.61 Å². The highest BCUT2D eigenvalue weighted by atomic mass is 16.5. The molecule has 0 heterocycles. The van der Waals surface area contributed by atoms with Crippen LogP contribution in [0, 0.1) is 0 Å². The summed E-state index contributed by atoms with van der Waals surface area (Å²) in [4.78, 5) is 11.9. The van der Waals surface area contributed by atoms with Crippen LogP contribution in [0.4, 0.5) is 0 Å². The van der Waals surface area contributed by atoms with E-state index in [0.717, 1.165) is 12.8 Å². The average molecular weight is 619 g/mol. The van der Waals surface area contributed by atoms with Crippen molar-refractivity contribution in [1.82, 2.24) is 0 Å². The van der Waals surface area contributed by atoms with Crippen molar-refractivity contribution in [2.24, 2.45) is 0 Å². The molecule has 0 amide bonds. The van der Waals surface area contributed by atoms with Crippen LogP contribution in [0.25, 0.3) is 0 Å². The molecule has 0 saturated carbocycles. The number of carbonyl (C=O) groups excluding carboxylic acids is 1. The Bertz CT molecular complexity index is 554. The number of allylic oxidation sites excluding steroid dienone is 1. The highest BCUT2D eigenvalue weighted by Crippen LogP contribution is 2.16. The van der Waals surface area contributed by atoms with Crippen LogP contribution < -0.4 is 0 Å². The number of carbonyl (C=O) groups is 1. The molecule has 0 saturated heterocycles. The summed E-state index contributed by atoms with van der Waals surface area (Å²) < 4.78 is 5.38. The normalized spacial score (nSPS) is 11.6. The molecule has 0 rings (SSSR count). The SMILES string of the molecule is CCCCCCCCCCCCCCCCCC=CC(=O)OCCCCCCCCCCCCCCCCCCCCCC. The third-order valence-corrected chi connectivity index (χ3v) is 9.47. The minimum absolute atomic E-state index is 0.149. The molecule has 262 valence electrons. The third kappa shape index (κ3) is 39.2. The molecule has 2 nitrogen and oxygen atoms in total. The number of esters is 1. The molecule has 0 atom stereocenters. The predicted molar refractivity (Wildman–Crippen MR) is 198 cm³/mol. The number of hydrogen-bond acceptors (Lipinski definition) is 2. The van der Waals surface area contributed by atoms with Crippen LogP contribution in [-0.2, 0) is 9.53 Å². The molecule has 0 N–H and O–H groups in total.